The Hall–Kier alpha value is -3.10. The molecule has 3 N–H and O–H groups in total. The van der Waals surface area contributed by atoms with Gasteiger partial charge in [0.1, 0.15) is 11.6 Å². The molecule has 0 radical (unpaired) electrons. The molecule has 4 amide bonds. The van der Waals surface area contributed by atoms with E-state index in [0.29, 0.717) is 17.9 Å². The van der Waals surface area contributed by atoms with E-state index < -0.39 is 11.6 Å². The molecule has 1 aromatic carbocycles. The third-order valence-corrected chi connectivity index (χ3v) is 8.14. The van der Waals surface area contributed by atoms with Crippen molar-refractivity contribution in [2.45, 2.75) is 115 Å². The van der Waals surface area contributed by atoms with Crippen molar-refractivity contribution in [1.29, 1.82) is 0 Å². The molecule has 2 aliphatic heterocycles. The lowest BCUT2D eigenvalue weighted by molar-refractivity contribution is -0.137. The lowest BCUT2D eigenvalue weighted by Gasteiger charge is -2.35. The van der Waals surface area contributed by atoms with E-state index in [9.17, 15) is 19.2 Å². The Bertz CT molecular complexity index is 1100. The number of piperidine rings is 1. The summed E-state index contributed by atoms with van der Waals surface area (Å²) in [4.78, 5) is 52.2. The molecule has 4 aliphatic rings. The van der Waals surface area contributed by atoms with Crippen LogP contribution in [0, 0.1) is 5.92 Å². The molecule has 206 valence electrons. The highest BCUT2D eigenvalue weighted by molar-refractivity contribution is 6.06. The van der Waals surface area contributed by atoms with E-state index in [0.717, 1.165) is 49.8 Å². The van der Waals surface area contributed by atoms with Crippen LogP contribution in [0.3, 0.4) is 0 Å². The quantitative estimate of drug-likeness (QED) is 0.455. The number of imide groups is 1. The Morgan fingerprint density at radius 3 is 2.37 bits per heavy atom. The van der Waals surface area contributed by atoms with Crippen LogP contribution < -0.4 is 16.0 Å². The van der Waals surface area contributed by atoms with E-state index in [1.807, 2.05) is 39.0 Å². The largest absolute Gasteiger partial charge is 0.444 e. The first-order chi connectivity index (χ1) is 18.1. The average molecular weight is 525 g/mol. The van der Waals surface area contributed by atoms with Crippen LogP contribution in [0.15, 0.2) is 18.2 Å². The number of carbonyl (C=O) groups is 4. The number of hydrogen-bond donors (Lipinski definition) is 3. The van der Waals surface area contributed by atoms with Gasteiger partial charge >= 0.3 is 6.09 Å². The number of nitrogens with zero attached hydrogens (tertiary/aromatic N) is 1. The van der Waals surface area contributed by atoms with Crippen molar-refractivity contribution in [2.24, 2.45) is 5.92 Å². The Morgan fingerprint density at radius 2 is 1.71 bits per heavy atom. The Labute approximate surface area is 224 Å². The molecule has 0 aromatic heterocycles. The second-order valence-corrected chi connectivity index (χ2v) is 12.3. The van der Waals surface area contributed by atoms with Gasteiger partial charge in [-0.05, 0) is 83.8 Å². The summed E-state index contributed by atoms with van der Waals surface area (Å²) in [6.07, 6.45) is 8.00. The summed E-state index contributed by atoms with van der Waals surface area (Å²) in [6, 6.07) is 5.30. The van der Waals surface area contributed by atoms with E-state index >= 15 is 0 Å². The predicted octanol–water partition coefficient (Wildman–Crippen LogP) is 4.43. The van der Waals surface area contributed by atoms with E-state index in [4.69, 9.17) is 4.74 Å². The van der Waals surface area contributed by atoms with Gasteiger partial charge in [0.25, 0.3) is 5.91 Å². The highest BCUT2D eigenvalue weighted by Gasteiger charge is 2.46. The molecule has 0 spiro atoms. The molecule has 2 saturated carbocycles. The van der Waals surface area contributed by atoms with E-state index in [1.54, 1.807) is 4.90 Å². The molecule has 2 heterocycles. The third kappa shape index (κ3) is 5.97. The highest BCUT2D eigenvalue weighted by Crippen LogP contribution is 2.46. The van der Waals surface area contributed by atoms with Gasteiger partial charge in [-0.15, -0.1) is 0 Å². The Kier molecular flexibility index (Phi) is 7.38. The maximum atomic E-state index is 13.7. The van der Waals surface area contributed by atoms with E-state index in [1.165, 1.54) is 12.8 Å². The second kappa shape index (κ2) is 10.6. The summed E-state index contributed by atoms with van der Waals surface area (Å²) in [5.74, 6) is -0.0666. The number of fused-ring (bicyclic) bond motifs is 1. The van der Waals surface area contributed by atoms with Crippen molar-refractivity contribution in [3.8, 4) is 0 Å². The Balaban J connectivity index is 1.29. The lowest BCUT2D eigenvalue weighted by Crippen LogP contribution is -2.53. The summed E-state index contributed by atoms with van der Waals surface area (Å²) < 4.78 is 5.40. The zero-order chi connectivity index (χ0) is 27.0. The van der Waals surface area contributed by atoms with Crippen LogP contribution in [0.1, 0.15) is 107 Å². The third-order valence-electron chi connectivity index (χ3n) is 8.14. The van der Waals surface area contributed by atoms with Crippen LogP contribution in [-0.2, 0) is 14.3 Å². The number of anilines is 1. The minimum atomic E-state index is -0.626. The van der Waals surface area contributed by atoms with Crippen molar-refractivity contribution < 1.29 is 23.9 Å². The molecule has 0 bridgehead atoms. The molecule has 38 heavy (non-hydrogen) atoms. The van der Waals surface area contributed by atoms with Crippen LogP contribution in [0.5, 0.6) is 0 Å². The van der Waals surface area contributed by atoms with Gasteiger partial charge in [0.05, 0.1) is 6.04 Å². The molecule has 9 nitrogen and oxygen atoms in total. The summed E-state index contributed by atoms with van der Waals surface area (Å²) >= 11 is 0. The maximum absolute atomic E-state index is 13.7. The fraction of sp³-hybridized carbons (Fsp3) is 0.655. The normalized spacial score (nSPS) is 27.6. The maximum Gasteiger partial charge on any atom is 0.407 e. The van der Waals surface area contributed by atoms with Gasteiger partial charge in [-0.3, -0.25) is 19.7 Å². The number of rotatable bonds is 7. The number of benzene rings is 1. The van der Waals surface area contributed by atoms with Crippen LogP contribution >= 0.6 is 0 Å². The van der Waals surface area contributed by atoms with Crippen molar-refractivity contribution >= 4 is 29.5 Å². The summed E-state index contributed by atoms with van der Waals surface area (Å²) in [5.41, 5.74) is 2.07. The fourth-order valence-electron chi connectivity index (χ4n) is 6.12. The topological polar surface area (TPSA) is 117 Å². The van der Waals surface area contributed by atoms with Crippen molar-refractivity contribution in [3.63, 3.8) is 0 Å². The summed E-state index contributed by atoms with van der Waals surface area (Å²) in [5, 5.41) is 9.14. The number of ether oxygens (including phenoxy) is 1. The number of nitrogens with one attached hydrogen (secondary N) is 3. The van der Waals surface area contributed by atoms with Gasteiger partial charge in [-0.2, -0.15) is 0 Å². The van der Waals surface area contributed by atoms with Gasteiger partial charge in [-0.25, -0.2) is 4.79 Å². The Morgan fingerprint density at radius 1 is 1.00 bits per heavy atom. The first-order valence-electron chi connectivity index (χ1n) is 14.1. The molecule has 2 atom stereocenters. The van der Waals surface area contributed by atoms with Gasteiger partial charge < -0.3 is 20.3 Å². The van der Waals surface area contributed by atoms with Crippen LogP contribution in [-0.4, -0.2) is 52.4 Å². The number of alkyl carbamates (subject to hydrolysis) is 1. The molecule has 1 aromatic rings. The monoisotopic (exact) mass is 524 g/mol. The molecule has 5 rings (SSSR count). The molecule has 9 heteroatoms. The summed E-state index contributed by atoms with van der Waals surface area (Å²) in [6.45, 7) is 5.57. The van der Waals surface area contributed by atoms with Crippen LogP contribution in [0.2, 0.25) is 0 Å². The minimum absolute atomic E-state index is 0.0836. The SMILES string of the molecule is CC(C)(C)OC(=O)NC1CCC(Nc2cccc3c2[C@H](CCC2CC2)N([C@H]2CCC(=O)NC2=O)C3=O)CC1. The zero-order valence-corrected chi connectivity index (χ0v) is 22.7. The van der Waals surface area contributed by atoms with E-state index in [-0.39, 0.29) is 48.4 Å². The summed E-state index contributed by atoms with van der Waals surface area (Å²) in [7, 11) is 0. The molecule has 0 unspecified atom stereocenters. The minimum Gasteiger partial charge on any atom is -0.444 e. The van der Waals surface area contributed by atoms with Gasteiger partial charge in [0.2, 0.25) is 11.8 Å². The standard InChI is InChI=1S/C29H40N4O5/c1-29(2,3)38-28(37)31-19-12-10-18(11-13-19)30-21-6-4-5-20-25(21)22(14-9-17-7-8-17)33(27(20)36)23-15-16-24(34)32-26(23)35/h4-6,17-19,22-23,30H,7-16H2,1-3H3,(H,31,37)(H,32,34,35)/t18?,19?,22-,23-/m0/s1. The molecule has 3 fully saturated rings. The molecule has 2 aliphatic carbocycles. The van der Waals surface area contributed by atoms with Crippen molar-refractivity contribution in [2.75, 3.05) is 5.32 Å². The first-order valence-corrected chi connectivity index (χ1v) is 14.1. The number of carbonyl (C=O) groups excluding carboxylic acids is 4. The average Bonchev–Trinajstić information content (AvgIpc) is 3.62. The number of hydrogen-bond acceptors (Lipinski definition) is 6. The molecular weight excluding hydrogens is 484 g/mol. The van der Waals surface area contributed by atoms with Crippen molar-refractivity contribution in [1.82, 2.24) is 15.5 Å². The highest BCUT2D eigenvalue weighted by atomic mass is 16.6. The van der Waals surface area contributed by atoms with Crippen LogP contribution in [0.25, 0.3) is 0 Å². The number of amides is 4. The zero-order valence-electron chi connectivity index (χ0n) is 22.7. The smallest absolute Gasteiger partial charge is 0.407 e. The fourth-order valence-corrected chi connectivity index (χ4v) is 6.12. The van der Waals surface area contributed by atoms with Crippen molar-refractivity contribution in [3.05, 3.63) is 29.3 Å². The van der Waals surface area contributed by atoms with Gasteiger partial charge in [0.15, 0.2) is 0 Å². The van der Waals surface area contributed by atoms with Gasteiger partial charge in [0, 0.05) is 35.3 Å². The van der Waals surface area contributed by atoms with Crippen LogP contribution in [0.4, 0.5) is 10.5 Å². The lowest BCUT2D eigenvalue weighted by atomic mass is 9.90. The molecular formula is C29H40N4O5. The molecule has 1 saturated heterocycles. The first kappa shape index (κ1) is 26.5. The van der Waals surface area contributed by atoms with Gasteiger partial charge in [-0.1, -0.05) is 18.9 Å². The van der Waals surface area contributed by atoms with E-state index in [2.05, 4.69) is 16.0 Å². The predicted molar refractivity (Wildman–Crippen MR) is 143 cm³/mol. The second-order valence-electron chi connectivity index (χ2n) is 12.3.